The van der Waals surface area contributed by atoms with Crippen LogP contribution in [0.15, 0.2) is 11.4 Å². The normalized spacial score (nSPS) is 27.4. The summed E-state index contributed by atoms with van der Waals surface area (Å²) in [6.07, 6.45) is 0.948. The van der Waals surface area contributed by atoms with E-state index in [9.17, 15) is 4.79 Å². The van der Waals surface area contributed by atoms with Crippen LogP contribution in [0.5, 0.6) is 0 Å². The molecule has 0 aromatic carbocycles. The molecule has 0 unspecified atom stereocenters. The Morgan fingerprint density at radius 1 is 1.45 bits per heavy atom. The van der Waals surface area contributed by atoms with Gasteiger partial charge in [0, 0.05) is 19.0 Å². The molecule has 1 amide bonds. The lowest BCUT2D eigenvalue weighted by atomic mass is 10.0. The molecule has 116 valence electrons. The van der Waals surface area contributed by atoms with Gasteiger partial charge in [-0.25, -0.2) is 4.98 Å². The molecule has 2 fully saturated rings. The number of aryl methyl sites for hydroxylation is 2. The van der Waals surface area contributed by atoms with Crippen molar-refractivity contribution in [3.8, 4) is 0 Å². The molecular formula is C15H18N4O2S. The zero-order valence-electron chi connectivity index (χ0n) is 12.6. The van der Waals surface area contributed by atoms with Gasteiger partial charge >= 0.3 is 0 Å². The Hall–Kier alpha value is -1.73. The zero-order chi connectivity index (χ0) is 15.3. The van der Waals surface area contributed by atoms with Crippen LogP contribution in [0, 0.1) is 19.8 Å². The Bertz CT molecular complexity index is 696. The van der Waals surface area contributed by atoms with Crippen LogP contribution in [0.3, 0.4) is 0 Å². The van der Waals surface area contributed by atoms with Gasteiger partial charge in [0.15, 0.2) is 5.82 Å². The second-order valence-corrected chi connectivity index (χ2v) is 7.00. The second kappa shape index (κ2) is 5.17. The highest BCUT2D eigenvalue weighted by Crippen LogP contribution is 2.40. The molecule has 2 aromatic heterocycles. The number of fused-ring (bicyclic) bond motifs is 1. The maximum Gasteiger partial charge on any atom is 0.264 e. The summed E-state index contributed by atoms with van der Waals surface area (Å²) < 4.78 is 6.08. The van der Waals surface area contributed by atoms with Crippen molar-refractivity contribution < 1.29 is 9.53 Å². The average Bonchev–Trinajstić information content (AvgIpc) is 3.19. The minimum atomic E-state index is -0.0410. The summed E-state index contributed by atoms with van der Waals surface area (Å²) in [5.41, 5.74) is 1.06. The standard InChI is InChI=1S/C15H18N4O2S/c1-8-3-4-22-13(8)15(20)19-6-10-5-11(21-12(10)7-19)14-16-9(2)17-18-14/h3-4,10-12H,5-7H2,1-2H3,(H,16,17,18)/t10-,11-,12+/m0/s1. The molecule has 4 heterocycles. The summed E-state index contributed by atoms with van der Waals surface area (Å²) in [6, 6.07) is 1.99. The third kappa shape index (κ3) is 2.24. The van der Waals surface area contributed by atoms with Crippen LogP contribution in [0.25, 0.3) is 0 Å². The fraction of sp³-hybridized carbons (Fsp3) is 0.533. The minimum Gasteiger partial charge on any atom is -0.365 e. The first kappa shape index (κ1) is 13.9. The Labute approximate surface area is 132 Å². The molecular weight excluding hydrogens is 300 g/mol. The topological polar surface area (TPSA) is 71.1 Å². The molecule has 1 N–H and O–H groups in total. The highest BCUT2D eigenvalue weighted by molar-refractivity contribution is 7.12. The maximum absolute atomic E-state index is 12.6. The molecule has 0 spiro atoms. The van der Waals surface area contributed by atoms with Crippen molar-refractivity contribution in [2.24, 2.45) is 5.92 Å². The van der Waals surface area contributed by atoms with E-state index in [0.29, 0.717) is 12.5 Å². The quantitative estimate of drug-likeness (QED) is 0.920. The molecule has 0 bridgehead atoms. The van der Waals surface area contributed by atoms with Crippen LogP contribution in [0.2, 0.25) is 0 Å². The van der Waals surface area contributed by atoms with Crippen LogP contribution in [-0.2, 0) is 4.74 Å². The number of likely N-dealkylation sites (tertiary alicyclic amines) is 1. The van der Waals surface area contributed by atoms with Crippen LogP contribution < -0.4 is 0 Å². The van der Waals surface area contributed by atoms with Crippen molar-refractivity contribution in [2.75, 3.05) is 13.1 Å². The van der Waals surface area contributed by atoms with Crippen LogP contribution in [-0.4, -0.2) is 45.2 Å². The van der Waals surface area contributed by atoms with Gasteiger partial charge < -0.3 is 9.64 Å². The van der Waals surface area contributed by atoms with Crippen LogP contribution >= 0.6 is 11.3 Å². The summed E-state index contributed by atoms with van der Waals surface area (Å²) in [6.45, 7) is 5.30. The summed E-state index contributed by atoms with van der Waals surface area (Å²) in [7, 11) is 0. The van der Waals surface area contributed by atoms with E-state index in [4.69, 9.17) is 4.74 Å². The number of hydrogen-bond acceptors (Lipinski definition) is 5. The fourth-order valence-electron chi connectivity index (χ4n) is 3.33. The number of nitrogens with one attached hydrogen (secondary N) is 1. The first-order chi connectivity index (χ1) is 10.6. The SMILES string of the molecule is Cc1nc([C@@H]2C[C@H]3CN(C(=O)c4sccc4C)C[C@H]3O2)n[nH]1. The number of amides is 1. The third-order valence-electron chi connectivity index (χ3n) is 4.48. The molecule has 4 rings (SSSR count). The number of aromatic nitrogens is 3. The van der Waals surface area contributed by atoms with E-state index < -0.39 is 0 Å². The van der Waals surface area contributed by atoms with Gasteiger partial charge in [-0.3, -0.25) is 9.89 Å². The van der Waals surface area contributed by atoms with E-state index in [1.807, 2.05) is 30.2 Å². The smallest absolute Gasteiger partial charge is 0.264 e. The van der Waals surface area contributed by atoms with E-state index in [2.05, 4.69) is 15.2 Å². The van der Waals surface area contributed by atoms with Crippen molar-refractivity contribution >= 4 is 17.2 Å². The van der Waals surface area contributed by atoms with Crippen molar-refractivity contribution in [1.82, 2.24) is 20.1 Å². The van der Waals surface area contributed by atoms with Gasteiger partial charge in [-0.1, -0.05) is 0 Å². The van der Waals surface area contributed by atoms with E-state index in [1.165, 1.54) is 11.3 Å². The first-order valence-corrected chi connectivity index (χ1v) is 8.37. The number of carbonyl (C=O) groups is 1. The molecule has 0 radical (unpaired) electrons. The Morgan fingerprint density at radius 2 is 2.32 bits per heavy atom. The minimum absolute atomic E-state index is 0.0410. The number of hydrogen-bond donors (Lipinski definition) is 1. The lowest BCUT2D eigenvalue weighted by Crippen LogP contribution is -2.30. The van der Waals surface area contributed by atoms with E-state index in [0.717, 1.165) is 35.1 Å². The number of thiophene rings is 1. The molecule has 0 aliphatic carbocycles. The second-order valence-electron chi connectivity index (χ2n) is 6.08. The van der Waals surface area contributed by atoms with Gasteiger partial charge in [0.2, 0.25) is 0 Å². The van der Waals surface area contributed by atoms with Crippen molar-refractivity contribution in [1.29, 1.82) is 0 Å². The number of ether oxygens (including phenoxy) is 1. The van der Waals surface area contributed by atoms with E-state index in [-0.39, 0.29) is 18.1 Å². The lowest BCUT2D eigenvalue weighted by molar-refractivity contribution is 0.0317. The lowest BCUT2D eigenvalue weighted by Gasteiger charge is -2.18. The Balaban J connectivity index is 1.43. The van der Waals surface area contributed by atoms with Gasteiger partial charge in [0.1, 0.15) is 11.9 Å². The highest BCUT2D eigenvalue weighted by atomic mass is 32.1. The molecule has 3 atom stereocenters. The molecule has 2 aliphatic heterocycles. The predicted molar refractivity (Wildman–Crippen MR) is 81.8 cm³/mol. The Kier molecular flexibility index (Phi) is 3.27. The predicted octanol–water partition coefficient (Wildman–Crippen LogP) is 2.09. The molecule has 0 saturated carbocycles. The Morgan fingerprint density at radius 3 is 2.95 bits per heavy atom. The largest absolute Gasteiger partial charge is 0.365 e. The summed E-state index contributed by atoms with van der Waals surface area (Å²) in [4.78, 5) is 19.7. The molecule has 2 saturated heterocycles. The van der Waals surface area contributed by atoms with Crippen molar-refractivity contribution in [3.63, 3.8) is 0 Å². The molecule has 7 heteroatoms. The number of nitrogens with zero attached hydrogens (tertiary/aromatic N) is 3. The van der Waals surface area contributed by atoms with Crippen molar-refractivity contribution in [3.05, 3.63) is 33.5 Å². The maximum atomic E-state index is 12.6. The van der Waals surface area contributed by atoms with E-state index >= 15 is 0 Å². The van der Waals surface area contributed by atoms with Crippen molar-refractivity contribution in [2.45, 2.75) is 32.5 Å². The van der Waals surface area contributed by atoms with Crippen LogP contribution in [0.4, 0.5) is 0 Å². The third-order valence-corrected chi connectivity index (χ3v) is 5.49. The number of rotatable bonds is 2. The highest BCUT2D eigenvalue weighted by Gasteiger charge is 2.45. The molecule has 2 aliphatic rings. The van der Waals surface area contributed by atoms with Gasteiger partial charge in [-0.05, 0) is 37.3 Å². The number of aromatic amines is 1. The summed E-state index contributed by atoms with van der Waals surface area (Å²) in [5, 5.41) is 9.02. The fourth-order valence-corrected chi connectivity index (χ4v) is 4.23. The van der Waals surface area contributed by atoms with Gasteiger partial charge in [0.05, 0.1) is 11.0 Å². The number of carbonyl (C=O) groups excluding carboxylic acids is 1. The molecule has 6 nitrogen and oxygen atoms in total. The van der Waals surface area contributed by atoms with E-state index in [1.54, 1.807) is 0 Å². The van der Waals surface area contributed by atoms with Gasteiger partial charge in [0.25, 0.3) is 5.91 Å². The van der Waals surface area contributed by atoms with Gasteiger partial charge in [-0.2, -0.15) is 5.10 Å². The first-order valence-electron chi connectivity index (χ1n) is 7.49. The molecule has 2 aromatic rings. The number of H-pyrrole nitrogens is 1. The van der Waals surface area contributed by atoms with Crippen LogP contribution in [0.1, 0.15) is 39.4 Å². The van der Waals surface area contributed by atoms with Gasteiger partial charge in [-0.15, -0.1) is 11.3 Å². The summed E-state index contributed by atoms with van der Waals surface area (Å²) in [5.74, 6) is 2.06. The average molecular weight is 318 g/mol. The monoisotopic (exact) mass is 318 g/mol. The summed E-state index contributed by atoms with van der Waals surface area (Å²) >= 11 is 1.52. The zero-order valence-corrected chi connectivity index (χ0v) is 13.4. The molecule has 22 heavy (non-hydrogen) atoms.